The van der Waals surface area contributed by atoms with Crippen molar-refractivity contribution >= 4 is 5.95 Å². The summed E-state index contributed by atoms with van der Waals surface area (Å²) in [4.78, 5) is 10.9. The number of rotatable bonds is 7. The molecular weight excluding hydrogens is 216 g/mol. The Balaban J connectivity index is 2.79. The van der Waals surface area contributed by atoms with Crippen LogP contribution in [0.3, 0.4) is 0 Å². The third-order valence-electron chi connectivity index (χ3n) is 2.84. The van der Waals surface area contributed by atoms with E-state index in [0.717, 1.165) is 24.5 Å². The van der Waals surface area contributed by atoms with Crippen LogP contribution < -0.4 is 10.6 Å². The molecule has 1 heterocycles. The van der Waals surface area contributed by atoms with Crippen molar-refractivity contribution in [3.05, 3.63) is 18.0 Å². The number of nitrogens with zero attached hydrogens (tertiary/aromatic N) is 3. The average molecular weight is 238 g/mol. The average Bonchev–Trinajstić information content (AvgIpc) is 2.39. The van der Waals surface area contributed by atoms with Crippen molar-refractivity contribution in [1.29, 1.82) is 0 Å². The van der Waals surface area contributed by atoms with Crippen molar-refractivity contribution in [2.24, 2.45) is 5.73 Å². The fourth-order valence-electron chi connectivity index (χ4n) is 1.53. The maximum absolute atomic E-state index is 5.53. The zero-order chi connectivity index (χ0) is 12.7. The molecule has 1 aromatic rings. The van der Waals surface area contributed by atoms with Crippen LogP contribution >= 0.6 is 0 Å². The third kappa shape index (κ3) is 3.94. The SMILES string of the molecule is CCC(C)N(CCOC)c1ncc(CN)cn1. The van der Waals surface area contributed by atoms with Crippen molar-refractivity contribution in [2.45, 2.75) is 32.9 Å². The second kappa shape index (κ2) is 7.19. The van der Waals surface area contributed by atoms with Crippen LogP contribution in [-0.2, 0) is 11.3 Å². The smallest absolute Gasteiger partial charge is 0.225 e. The van der Waals surface area contributed by atoms with Crippen LogP contribution in [0.2, 0.25) is 0 Å². The second-order valence-electron chi connectivity index (χ2n) is 4.04. The van der Waals surface area contributed by atoms with Gasteiger partial charge in [-0.1, -0.05) is 6.92 Å². The van der Waals surface area contributed by atoms with Crippen molar-refractivity contribution in [3.63, 3.8) is 0 Å². The first-order valence-corrected chi connectivity index (χ1v) is 5.99. The van der Waals surface area contributed by atoms with Gasteiger partial charge in [-0.15, -0.1) is 0 Å². The molecule has 5 heteroatoms. The molecule has 96 valence electrons. The monoisotopic (exact) mass is 238 g/mol. The van der Waals surface area contributed by atoms with E-state index in [4.69, 9.17) is 10.5 Å². The van der Waals surface area contributed by atoms with E-state index in [0.29, 0.717) is 19.2 Å². The van der Waals surface area contributed by atoms with Gasteiger partial charge in [0.2, 0.25) is 5.95 Å². The van der Waals surface area contributed by atoms with Gasteiger partial charge in [0, 0.05) is 44.2 Å². The first-order chi connectivity index (χ1) is 8.22. The van der Waals surface area contributed by atoms with Gasteiger partial charge in [0.05, 0.1) is 6.61 Å². The molecule has 17 heavy (non-hydrogen) atoms. The maximum atomic E-state index is 5.53. The molecular formula is C12H22N4O. The summed E-state index contributed by atoms with van der Waals surface area (Å²) in [6, 6.07) is 0.397. The molecule has 0 amide bonds. The number of hydrogen-bond acceptors (Lipinski definition) is 5. The van der Waals surface area contributed by atoms with Crippen molar-refractivity contribution < 1.29 is 4.74 Å². The van der Waals surface area contributed by atoms with Crippen LogP contribution in [0.5, 0.6) is 0 Å². The van der Waals surface area contributed by atoms with E-state index in [2.05, 4.69) is 28.7 Å². The van der Waals surface area contributed by atoms with Crippen LogP contribution in [0.4, 0.5) is 5.95 Å². The Hall–Kier alpha value is -1.20. The summed E-state index contributed by atoms with van der Waals surface area (Å²) in [5.74, 6) is 0.744. The Labute approximate surface area is 103 Å². The molecule has 1 rings (SSSR count). The minimum Gasteiger partial charge on any atom is -0.383 e. The number of anilines is 1. The summed E-state index contributed by atoms with van der Waals surface area (Å²) >= 11 is 0. The van der Waals surface area contributed by atoms with E-state index in [1.165, 1.54) is 0 Å². The molecule has 0 bridgehead atoms. The molecule has 0 spiro atoms. The highest BCUT2D eigenvalue weighted by Gasteiger charge is 2.14. The lowest BCUT2D eigenvalue weighted by Gasteiger charge is -2.28. The summed E-state index contributed by atoms with van der Waals surface area (Å²) in [5.41, 5.74) is 6.48. The Morgan fingerprint density at radius 2 is 2.06 bits per heavy atom. The van der Waals surface area contributed by atoms with Crippen LogP contribution in [0.15, 0.2) is 12.4 Å². The minimum absolute atomic E-state index is 0.397. The van der Waals surface area contributed by atoms with Crippen molar-refractivity contribution in [2.75, 3.05) is 25.2 Å². The topological polar surface area (TPSA) is 64.3 Å². The van der Waals surface area contributed by atoms with Crippen LogP contribution in [-0.4, -0.2) is 36.3 Å². The van der Waals surface area contributed by atoms with Gasteiger partial charge in [0.25, 0.3) is 0 Å². The molecule has 1 unspecified atom stereocenters. The molecule has 1 aromatic heterocycles. The number of aromatic nitrogens is 2. The molecule has 0 aliphatic heterocycles. The highest BCUT2D eigenvalue weighted by atomic mass is 16.5. The summed E-state index contributed by atoms with van der Waals surface area (Å²) in [7, 11) is 1.70. The molecule has 2 N–H and O–H groups in total. The van der Waals surface area contributed by atoms with E-state index in [1.807, 2.05) is 0 Å². The summed E-state index contributed by atoms with van der Waals surface area (Å²) < 4.78 is 5.12. The molecule has 5 nitrogen and oxygen atoms in total. The lowest BCUT2D eigenvalue weighted by molar-refractivity contribution is 0.203. The van der Waals surface area contributed by atoms with Gasteiger partial charge in [0.1, 0.15) is 0 Å². The zero-order valence-electron chi connectivity index (χ0n) is 10.9. The summed E-state index contributed by atoms with van der Waals surface area (Å²) in [6.45, 7) is 6.26. The largest absolute Gasteiger partial charge is 0.383 e. The van der Waals surface area contributed by atoms with E-state index in [9.17, 15) is 0 Å². The van der Waals surface area contributed by atoms with Gasteiger partial charge in [-0.05, 0) is 13.3 Å². The lowest BCUT2D eigenvalue weighted by Crippen LogP contribution is -2.36. The number of ether oxygens (including phenoxy) is 1. The summed E-state index contributed by atoms with van der Waals surface area (Å²) in [6.07, 6.45) is 4.61. The molecule has 0 aliphatic rings. The van der Waals surface area contributed by atoms with E-state index in [1.54, 1.807) is 19.5 Å². The molecule has 0 aromatic carbocycles. The fraction of sp³-hybridized carbons (Fsp3) is 0.667. The minimum atomic E-state index is 0.397. The predicted octanol–water partition coefficient (Wildman–Crippen LogP) is 1.19. The van der Waals surface area contributed by atoms with Crippen LogP contribution in [0.1, 0.15) is 25.8 Å². The Morgan fingerprint density at radius 3 is 2.53 bits per heavy atom. The number of methoxy groups -OCH3 is 1. The first-order valence-electron chi connectivity index (χ1n) is 5.99. The molecule has 1 atom stereocenters. The maximum Gasteiger partial charge on any atom is 0.225 e. The van der Waals surface area contributed by atoms with Gasteiger partial charge in [0.15, 0.2) is 0 Å². The quantitative estimate of drug-likeness (QED) is 0.773. The van der Waals surface area contributed by atoms with Gasteiger partial charge < -0.3 is 15.4 Å². The normalized spacial score (nSPS) is 12.5. The molecule has 0 saturated carbocycles. The third-order valence-corrected chi connectivity index (χ3v) is 2.84. The highest BCUT2D eigenvalue weighted by molar-refractivity contribution is 5.31. The molecule has 0 saturated heterocycles. The van der Waals surface area contributed by atoms with Gasteiger partial charge >= 0.3 is 0 Å². The molecule has 0 aliphatic carbocycles. The number of hydrogen-bond donors (Lipinski definition) is 1. The van der Waals surface area contributed by atoms with Crippen LogP contribution in [0, 0.1) is 0 Å². The Morgan fingerprint density at radius 1 is 1.41 bits per heavy atom. The first kappa shape index (κ1) is 13.9. The Kier molecular flexibility index (Phi) is 5.86. The molecule has 0 radical (unpaired) electrons. The van der Waals surface area contributed by atoms with Gasteiger partial charge in [-0.3, -0.25) is 0 Å². The van der Waals surface area contributed by atoms with E-state index in [-0.39, 0.29) is 0 Å². The standard InChI is InChI=1S/C12H22N4O/c1-4-10(2)16(5-6-17-3)12-14-8-11(7-13)9-15-12/h8-10H,4-7,13H2,1-3H3. The lowest BCUT2D eigenvalue weighted by atomic mass is 10.2. The van der Waals surface area contributed by atoms with Crippen molar-refractivity contribution in [1.82, 2.24) is 9.97 Å². The van der Waals surface area contributed by atoms with E-state index < -0.39 is 0 Å². The predicted molar refractivity (Wildman–Crippen MR) is 68.9 cm³/mol. The van der Waals surface area contributed by atoms with Gasteiger partial charge in [-0.25, -0.2) is 9.97 Å². The number of nitrogens with two attached hydrogens (primary N) is 1. The Bertz CT molecular complexity index is 315. The van der Waals surface area contributed by atoms with Gasteiger partial charge in [-0.2, -0.15) is 0 Å². The van der Waals surface area contributed by atoms with E-state index >= 15 is 0 Å². The highest BCUT2D eigenvalue weighted by Crippen LogP contribution is 2.12. The summed E-state index contributed by atoms with van der Waals surface area (Å²) in [5, 5.41) is 0. The molecule has 0 fully saturated rings. The fourth-order valence-corrected chi connectivity index (χ4v) is 1.53. The zero-order valence-corrected chi connectivity index (χ0v) is 10.9. The van der Waals surface area contributed by atoms with Crippen LogP contribution in [0.25, 0.3) is 0 Å². The van der Waals surface area contributed by atoms with Crippen molar-refractivity contribution in [3.8, 4) is 0 Å². The second-order valence-corrected chi connectivity index (χ2v) is 4.04.